The third-order valence-corrected chi connectivity index (χ3v) is 10.0. The van der Waals surface area contributed by atoms with Crippen LogP contribution in [-0.2, 0) is 68.4 Å². The van der Waals surface area contributed by atoms with Gasteiger partial charge in [-0.3, -0.25) is 44.2 Å². The maximum atomic E-state index is 13.3. The highest BCUT2D eigenvalue weighted by Gasteiger charge is 2.25. The highest BCUT2D eigenvalue weighted by molar-refractivity contribution is 6.29. The zero-order valence-electron chi connectivity index (χ0n) is 38.4. The van der Waals surface area contributed by atoms with Crippen LogP contribution in [0, 0.1) is 0 Å². The van der Waals surface area contributed by atoms with E-state index in [1.165, 1.54) is 0 Å². The number of pyridine rings is 2. The third-order valence-electron chi connectivity index (χ3n) is 9.83. The van der Waals surface area contributed by atoms with Gasteiger partial charge in [0, 0.05) is 55.2 Å². The second-order valence-electron chi connectivity index (χ2n) is 17.6. The Kier molecular flexibility index (Phi) is 17.6. The van der Waals surface area contributed by atoms with Crippen LogP contribution in [0.5, 0.6) is 0 Å². The number of benzene rings is 2. The van der Waals surface area contributed by atoms with Gasteiger partial charge in [0.15, 0.2) is 11.6 Å². The molecular formula is C50H59ClN8O6. The van der Waals surface area contributed by atoms with Crippen molar-refractivity contribution in [2.24, 2.45) is 14.1 Å². The van der Waals surface area contributed by atoms with Crippen molar-refractivity contribution in [1.82, 2.24) is 40.2 Å². The summed E-state index contributed by atoms with van der Waals surface area (Å²) in [6.45, 7) is 10.8. The molecule has 0 amide bonds. The van der Waals surface area contributed by atoms with Crippen molar-refractivity contribution in [3.8, 4) is 22.5 Å². The number of Topliss-reactive ketones (excluding diaryl/α,β-unsaturated/α-hetero) is 2. The number of hydrogen-bond acceptors (Lipinski definition) is 12. The van der Waals surface area contributed by atoms with Gasteiger partial charge >= 0.3 is 11.9 Å². The number of ketones is 2. The minimum absolute atomic E-state index is 0.0123. The number of nitrogens with one attached hydrogen (secondary N) is 2. The lowest BCUT2D eigenvalue weighted by Gasteiger charge is -2.22. The number of hydrogen-bond donors (Lipinski definition) is 2. The fourth-order valence-corrected chi connectivity index (χ4v) is 6.95. The molecule has 0 aliphatic heterocycles. The van der Waals surface area contributed by atoms with Crippen molar-refractivity contribution < 1.29 is 28.7 Å². The fraction of sp³-hybridized carbons (Fsp3) is 0.360. The molecule has 0 saturated carbocycles. The summed E-state index contributed by atoms with van der Waals surface area (Å²) in [6.07, 6.45) is 6.36. The minimum Gasteiger partial charge on any atom is -0.459 e. The highest BCUT2D eigenvalue weighted by atomic mass is 35.5. The number of aromatic nitrogens is 6. The first kappa shape index (κ1) is 49.7. The van der Waals surface area contributed by atoms with Gasteiger partial charge in [0.1, 0.15) is 16.4 Å². The molecule has 0 fully saturated rings. The van der Waals surface area contributed by atoms with Crippen molar-refractivity contribution in [1.29, 1.82) is 0 Å². The van der Waals surface area contributed by atoms with E-state index in [0.29, 0.717) is 23.7 Å². The largest absolute Gasteiger partial charge is 0.459 e. The third kappa shape index (κ3) is 16.6. The zero-order valence-corrected chi connectivity index (χ0v) is 39.1. The van der Waals surface area contributed by atoms with Gasteiger partial charge in [0.2, 0.25) is 0 Å². The predicted octanol–water partition coefficient (Wildman–Crippen LogP) is 6.93. The molecule has 0 aliphatic rings. The Morgan fingerprint density at radius 3 is 1.43 bits per heavy atom. The molecule has 2 N–H and O–H groups in total. The van der Waals surface area contributed by atoms with Crippen LogP contribution in [0.25, 0.3) is 22.5 Å². The smallest absolute Gasteiger partial charge is 0.320 e. The lowest BCUT2D eigenvalue weighted by Crippen LogP contribution is -2.43. The Labute approximate surface area is 386 Å². The van der Waals surface area contributed by atoms with Crippen LogP contribution in [0.2, 0.25) is 5.15 Å². The molecule has 2 aromatic carbocycles. The van der Waals surface area contributed by atoms with Crippen molar-refractivity contribution in [3.63, 3.8) is 0 Å². The number of halogens is 1. The molecule has 0 unspecified atom stereocenters. The normalized spacial score (nSPS) is 12.4. The standard InChI is InChI=1S/C25H29ClN4O3.C25H30N4O3/c1-25(2,3)33-24(32)16-28-21(12-17-8-6-5-7-9-17)22(31)15-19-14-20(29-30(19)4)18-10-11-27-23(26)13-18;1-25(2,3)32-24(31)17-27-22(14-18-8-6-5-7-9-18)23(30)16-20-15-21(28-29(20)4)19-10-12-26-13-11-19/h5-11,13-14,21,28H,12,15-16H2,1-4H3;5-13,15,22,27H,14,16-17H2,1-4H3/t21-;22-/m00/s1. The molecule has 15 heteroatoms. The van der Waals surface area contributed by atoms with Gasteiger partial charge in [0.05, 0.1) is 49.4 Å². The van der Waals surface area contributed by atoms with E-state index in [1.54, 1.807) is 41.1 Å². The molecule has 6 rings (SSSR count). The van der Waals surface area contributed by atoms with Gasteiger partial charge in [-0.2, -0.15) is 10.2 Å². The van der Waals surface area contributed by atoms with Crippen LogP contribution in [0.15, 0.2) is 116 Å². The van der Waals surface area contributed by atoms with Crippen LogP contribution in [0.4, 0.5) is 0 Å². The molecule has 0 radical (unpaired) electrons. The lowest BCUT2D eigenvalue weighted by molar-refractivity contribution is -0.155. The molecule has 0 aliphatic carbocycles. The first-order chi connectivity index (χ1) is 30.8. The summed E-state index contributed by atoms with van der Waals surface area (Å²) in [5.74, 6) is -0.832. The summed E-state index contributed by atoms with van der Waals surface area (Å²) in [4.78, 5) is 59.0. The number of rotatable bonds is 18. The minimum atomic E-state index is -0.585. The van der Waals surface area contributed by atoms with E-state index in [0.717, 1.165) is 39.3 Å². The van der Waals surface area contributed by atoms with Crippen molar-refractivity contribution in [2.45, 2.75) is 90.5 Å². The molecule has 4 heterocycles. The predicted molar refractivity (Wildman–Crippen MR) is 251 cm³/mol. The van der Waals surface area contributed by atoms with E-state index in [-0.39, 0.29) is 43.5 Å². The maximum Gasteiger partial charge on any atom is 0.320 e. The number of carbonyl (C=O) groups excluding carboxylic acids is 4. The van der Waals surface area contributed by atoms with Crippen LogP contribution >= 0.6 is 11.6 Å². The molecule has 0 spiro atoms. The van der Waals surface area contributed by atoms with Crippen LogP contribution in [0.1, 0.15) is 64.1 Å². The van der Waals surface area contributed by atoms with Crippen molar-refractivity contribution in [2.75, 3.05) is 13.1 Å². The fourth-order valence-electron chi connectivity index (χ4n) is 6.78. The molecule has 6 aromatic rings. The number of nitrogens with zero attached hydrogens (tertiary/aromatic N) is 6. The van der Waals surface area contributed by atoms with Gasteiger partial charge in [-0.25, -0.2) is 4.98 Å². The van der Waals surface area contributed by atoms with Crippen LogP contribution in [-0.4, -0.2) is 89.4 Å². The van der Waals surface area contributed by atoms with Crippen molar-refractivity contribution >= 4 is 35.1 Å². The number of ether oxygens (including phenoxy) is 2. The molecule has 14 nitrogen and oxygen atoms in total. The summed E-state index contributed by atoms with van der Waals surface area (Å²) < 4.78 is 14.2. The quantitative estimate of drug-likeness (QED) is 0.0675. The maximum absolute atomic E-state index is 13.3. The second kappa shape index (κ2) is 23.0. The molecular weight excluding hydrogens is 844 g/mol. The van der Waals surface area contributed by atoms with E-state index < -0.39 is 29.3 Å². The van der Waals surface area contributed by atoms with E-state index in [1.807, 2.05) is 140 Å². The van der Waals surface area contributed by atoms with Gasteiger partial charge in [-0.05, 0) is 102 Å². The molecule has 0 bridgehead atoms. The van der Waals surface area contributed by atoms with Gasteiger partial charge in [-0.15, -0.1) is 0 Å². The van der Waals surface area contributed by atoms with Gasteiger partial charge in [-0.1, -0.05) is 72.3 Å². The van der Waals surface area contributed by atoms with E-state index in [9.17, 15) is 19.2 Å². The number of carbonyl (C=O) groups is 4. The second-order valence-corrected chi connectivity index (χ2v) is 18.0. The molecule has 2 atom stereocenters. The number of aryl methyl sites for hydroxylation is 2. The Morgan fingerprint density at radius 2 is 1.02 bits per heavy atom. The SMILES string of the molecule is Cn1nc(-c2ccnc(Cl)c2)cc1CC(=O)[C@H](Cc1ccccc1)NCC(=O)OC(C)(C)C.Cn1nc(-c2ccncc2)cc1CC(=O)[C@H](Cc1ccccc1)NCC(=O)OC(C)(C)C. The monoisotopic (exact) mass is 902 g/mol. The molecule has 342 valence electrons. The topological polar surface area (TPSA) is 172 Å². The van der Waals surface area contributed by atoms with E-state index in [4.69, 9.17) is 21.1 Å². The molecule has 0 saturated heterocycles. The van der Waals surface area contributed by atoms with E-state index in [2.05, 4.69) is 30.8 Å². The Balaban J connectivity index is 0.000000244. The highest BCUT2D eigenvalue weighted by Crippen LogP contribution is 2.22. The average Bonchev–Trinajstić information content (AvgIpc) is 3.81. The Hall–Kier alpha value is -6.35. The zero-order chi connectivity index (χ0) is 47.1. The summed E-state index contributed by atoms with van der Waals surface area (Å²) in [5.41, 5.74) is 5.71. The van der Waals surface area contributed by atoms with Crippen LogP contribution in [0.3, 0.4) is 0 Å². The first-order valence-electron chi connectivity index (χ1n) is 21.4. The average molecular weight is 904 g/mol. The van der Waals surface area contributed by atoms with Gasteiger partial charge < -0.3 is 9.47 Å². The molecule has 65 heavy (non-hydrogen) atoms. The summed E-state index contributed by atoms with van der Waals surface area (Å²) >= 11 is 6.00. The van der Waals surface area contributed by atoms with Crippen LogP contribution < -0.4 is 10.6 Å². The van der Waals surface area contributed by atoms with Crippen molar-refractivity contribution in [3.05, 3.63) is 143 Å². The van der Waals surface area contributed by atoms with Gasteiger partial charge in [0.25, 0.3) is 0 Å². The molecule has 4 aromatic heterocycles. The Morgan fingerprint density at radius 1 is 0.600 bits per heavy atom. The summed E-state index contributed by atoms with van der Waals surface area (Å²) in [5, 5.41) is 15.6. The van der Waals surface area contributed by atoms with E-state index >= 15 is 0 Å². The Bertz CT molecular complexity index is 2500. The summed E-state index contributed by atoms with van der Waals surface area (Å²) in [7, 11) is 3.63. The lowest BCUT2D eigenvalue weighted by atomic mass is 9.99. The first-order valence-corrected chi connectivity index (χ1v) is 21.8. The summed E-state index contributed by atoms with van der Waals surface area (Å²) in [6, 6.07) is 29.5. The number of esters is 2.